The maximum Gasteiger partial charge on any atom is 0.273 e. The SMILES string of the molecule is CC(C)CNC(=O)c1coc(CN(Cc2ccc(F)cc2)Cc2ccccc2F)n1. The summed E-state index contributed by atoms with van der Waals surface area (Å²) in [4.78, 5) is 18.4. The van der Waals surface area contributed by atoms with Crippen LogP contribution >= 0.6 is 0 Å². The number of hydrogen-bond acceptors (Lipinski definition) is 4. The van der Waals surface area contributed by atoms with Gasteiger partial charge in [0.2, 0.25) is 5.89 Å². The summed E-state index contributed by atoms with van der Waals surface area (Å²) in [6.07, 6.45) is 1.32. The van der Waals surface area contributed by atoms with E-state index in [-0.39, 0.29) is 29.8 Å². The van der Waals surface area contributed by atoms with Crippen LogP contribution in [0.1, 0.15) is 41.4 Å². The Kier molecular flexibility index (Phi) is 7.30. The fraction of sp³-hybridized carbons (Fsp3) is 0.304. The topological polar surface area (TPSA) is 58.4 Å². The van der Waals surface area contributed by atoms with Gasteiger partial charge >= 0.3 is 0 Å². The number of amides is 1. The van der Waals surface area contributed by atoms with Gasteiger partial charge in [-0.25, -0.2) is 13.8 Å². The van der Waals surface area contributed by atoms with Gasteiger partial charge in [-0.3, -0.25) is 9.69 Å². The fourth-order valence-electron chi connectivity index (χ4n) is 2.95. The molecule has 1 aromatic heterocycles. The van der Waals surface area contributed by atoms with Gasteiger partial charge in [0.1, 0.15) is 17.9 Å². The molecule has 0 spiro atoms. The highest BCUT2D eigenvalue weighted by Gasteiger charge is 2.17. The molecule has 1 N–H and O–H groups in total. The van der Waals surface area contributed by atoms with Crippen molar-refractivity contribution < 1.29 is 18.0 Å². The van der Waals surface area contributed by atoms with E-state index in [0.29, 0.717) is 37.0 Å². The molecule has 3 rings (SSSR count). The van der Waals surface area contributed by atoms with Crippen molar-refractivity contribution >= 4 is 5.91 Å². The monoisotopic (exact) mass is 413 g/mol. The van der Waals surface area contributed by atoms with Gasteiger partial charge < -0.3 is 9.73 Å². The van der Waals surface area contributed by atoms with Crippen molar-refractivity contribution in [1.82, 2.24) is 15.2 Å². The molecule has 2 aromatic carbocycles. The first kappa shape index (κ1) is 21.6. The first-order chi connectivity index (χ1) is 14.4. The van der Waals surface area contributed by atoms with E-state index in [1.807, 2.05) is 18.7 Å². The van der Waals surface area contributed by atoms with E-state index in [9.17, 15) is 13.6 Å². The van der Waals surface area contributed by atoms with Crippen molar-refractivity contribution in [2.45, 2.75) is 33.5 Å². The molecule has 0 aliphatic heterocycles. The van der Waals surface area contributed by atoms with Gasteiger partial charge in [-0.05, 0) is 29.7 Å². The molecule has 0 saturated heterocycles. The number of aromatic nitrogens is 1. The second kappa shape index (κ2) is 10.1. The molecule has 0 unspecified atom stereocenters. The Bertz CT molecular complexity index is 971. The molecule has 0 aliphatic rings. The lowest BCUT2D eigenvalue weighted by Crippen LogP contribution is -2.27. The average molecular weight is 413 g/mol. The third-order valence-corrected chi connectivity index (χ3v) is 4.49. The summed E-state index contributed by atoms with van der Waals surface area (Å²) in [5, 5.41) is 2.80. The van der Waals surface area contributed by atoms with Gasteiger partial charge in [0.15, 0.2) is 5.69 Å². The number of hydrogen-bond donors (Lipinski definition) is 1. The number of nitrogens with zero attached hydrogens (tertiary/aromatic N) is 2. The van der Waals surface area contributed by atoms with Crippen molar-refractivity contribution in [3.63, 3.8) is 0 Å². The Balaban J connectivity index is 1.74. The molecule has 1 amide bonds. The number of halogens is 2. The summed E-state index contributed by atoms with van der Waals surface area (Å²) >= 11 is 0. The van der Waals surface area contributed by atoms with E-state index in [1.165, 1.54) is 24.5 Å². The number of nitrogens with one attached hydrogen (secondary N) is 1. The van der Waals surface area contributed by atoms with E-state index in [2.05, 4.69) is 10.3 Å². The van der Waals surface area contributed by atoms with E-state index >= 15 is 0 Å². The lowest BCUT2D eigenvalue weighted by molar-refractivity contribution is 0.0944. The summed E-state index contributed by atoms with van der Waals surface area (Å²) in [6, 6.07) is 12.7. The maximum absolute atomic E-state index is 14.2. The summed E-state index contributed by atoms with van der Waals surface area (Å²) in [6.45, 7) is 5.57. The molecule has 158 valence electrons. The molecule has 5 nitrogen and oxygen atoms in total. The minimum atomic E-state index is -0.316. The predicted octanol–water partition coefficient (Wildman–Crippen LogP) is 4.54. The third kappa shape index (κ3) is 6.22. The predicted molar refractivity (Wildman–Crippen MR) is 109 cm³/mol. The van der Waals surface area contributed by atoms with Crippen LogP contribution in [-0.4, -0.2) is 22.3 Å². The number of carbonyl (C=O) groups excluding carboxylic acids is 1. The zero-order valence-electron chi connectivity index (χ0n) is 17.1. The first-order valence-corrected chi connectivity index (χ1v) is 9.83. The Morgan fingerprint density at radius 1 is 1.07 bits per heavy atom. The molecule has 0 radical (unpaired) electrons. The molecule has 1 heterocycles. The van der Waals surface area contributed by atoms with Gasteiger partial charge in [0.05, 0.1) is 6.54 Å². The third-order valence-electron chi connectivity index (χ3n) is 4.49. The summed E-state index contributed by atoms with van der Waals surface area (Å²) in [5.74, 6) is -0.236. The van der Waals surface area contributed by atoms with Crippen molar-refractivity contribution in [2.24, 2.45) is 5.92 Å². The summed E-state index contributed by atoms with van der Waals surface area (Å²) in [7, 11) is 0. The smallest absolute Gasteiger partial charge is 0.273 e. The van der Waals surface area contributed by atoms with Crippen LogP contribution in [0.5, 0.6) is 0 Å². The second-order valence-corrected chi connectivity index (χ2v) is 7.59. The first-order valence-electron chi connectivity index (χ1n) is 9.83. The van der Waals surface area contributed by atoms with Crippen LogP contribution in [-0.2, 0) is 19.6 Å². The second-order valence-electron chi connectivity index (χ2n) is 7.59. The van der Waals surface area contributed by atoms with Crippen molar-refractivity contribution in [3.8, 4) is 0 Å². The molecule has 0 fully saturated rings. The van der Waals surface area contributed by atoms with Crippen LogP contribution in [0.2, 0.25) is 0 Å². The molecular formula is C23H25F2N3O2. The summed E-state index contributed by atoms with van der Waals surface area (Å²) in [5.41, 5.74) is 1.61. The van der Waals surface area contributed by atoms with E-state index in [4.69, 9.17) is 4.42 Å². The highest BCUT2D eigenvalue weighted by atomic mass is 19.1. The van der Waals surface area contributed by atoms with Crippen LogP contribution in [0.4, 0.5) is 8.78 Å². The number of benzene rings is 2. The normalized spacial score (nSPS) is 11.3. The van der Waals surface area contributed by atoms with Crippen LogP contribution in [0.25, 0.3) is 0 Å². The lowest BCUT2D eigenvalue weighted by Gasteiger charge is -2.21. The van der Waals surface area contributed by atoms with Crippen LogP contribution in [0.15, 0.2) is 59.2 Å². The van der Waals surface area contributed by atoms with Crippen LogP contribution in [0, 0.1) is 17.6 Å². The molecule has 0 atom stereocenters. The Morgan fingerprint density at radius 3 is 2.50 bits per heavy atom. The molecule has 7 heteroatoms. The van der Waals surface area contributed by atoms with Crippen LogP contribution in [0.3, 0.4) is 0 Å². The number of carbonyl (C=O) groups is 1. The van der Waals surface area contributed by atoms with E-state index < -0.39 is 0 Å². The summed E-state index contributed by atoms with van der Waals surface area (Å²) < 4.78 is 32.9. The highest BCUT2D eigenvalue weighted by molar-refractivity contribution is 5.91. The molecular weight excluding hydrogens is 388 g/mol. The van der Waals surface area contributed by atoms with Crippen molar-refractivity contribution in [3.05, 3.63) is 89.1 Å². The lowest BCUT2D eigenvalue weighted by atomic mass is 10.1. The molecule has 0 saturated carbocycles. The van der Waals surface area contributed by atoms with Gasteiger partial charge in [-0.15, -0.1) is 0 Å². The number of rotatable bonds is 9. The fourth-order valence-corrected chi connectivity index (χ4v) is 2.95. The quantitative estimate of drug-likeness (QED) is 0.560. The maximum atomic E-state index is 14.2. The van der Waals surface area contributed by atoms with Crippen molar-refractivity contribution in [1.29, 1.82) is 0 Å². The molecule has 3 aromatic rings. The minimum absolute atomic E-state index is 0.207. The number of oxazole rings is 1. The van der Waals surface area contributed by atoms with Gasteiger partial charge in [0, 0.05) is 25.2 Å². The Hall–Kier alpha value is -3.06. The molecule has 0 bridgehead atoms. The zero-order chi connectivity index (χ0) is 21.5. The van der Waals surface area contributed by atoms with E-state index in [0.717, 1.165) is 5.56 Å². The highest BCUT2D eigenvalue weighted by Crippen LogP contribution is 2.16. The largest absolute Gasteiger partial charge is 0.447 e. The van der Waals surface area contributed by atoms with Gasteiger partial charge in [-0.2, -0.15) is 0 Å². The zero-order valence-corrected chi connectivity index (χ0v) is 17.1. The van der Waals surface area contributed by atoms with E-state index in [1.54, 1.807) is 30.3 Å². The van der Waals surface area contributed by atoms with Crippen LogP contribution < -0.4 is 5.32 Å². The average Bonchev–Trinajstić information content (AvgIpc) is 3.18. The van der Waals surface area contributed by atoms with Gasteiger partial charge in [0.25, 0.3) is 5.91 Å². The van der Waals surface area contributed by atoms with Gasteiger partial charge in [-0.1, -0.05) is 44.2 Å². The standard InChI is InChI=1S/C23H25F2N3O2/c1-16(2)11-26-23(29)21-15-30-22(27-21)14-28(12-17-7-9-19(24)10-8-17)13-18-5-3-4-6-20(18)25/h3-10,15-16H,11-14H2,1-2H3,(H,26,29). The molecule has 0 aliphatic carbocycles. The minimum Gasteiger partial charge on any atom is -0.447 e. The Morgan fingerprint density at radius 2 is 1.80 bits per heavy atom. The molecule has 30 heavy (non-hydrogen) atoms. The Labute approximate surface area is 174 Å². The van der Waals surface area contributed by atoms with Crippen molar-refractivity contribution in [2.75, 3.05) is 6.54 Å².